The molecule has 4 aromatic heterocycles. The van der Waals surface area contributed by atoms with Gasteiger partial charge in [0.15, 0.2) is 5.78 Å². The van der Waals surface area contributed by atoms with Crippen LogP contribution in [0.1, 0.15) is 34.9 Å². The SMILES string of the molecule is CN1CCC(n2cc(C(=O)Cc3cc4cc(-c5cn(C)nn5)cnc4cn3)cn2)CC1. The lowest BCUT2D eigenvalue weighted by Gasteiger charge is -2.28. The van der Waals surface area contributed by atoms with Crippen LogP contribution in [0.2, 0.25) is 0 Å². The number of hydrogen-bond acceptors (Lipinski definition) is 7. The third-order valence-corrected chi connectivity index (χ3v) is 5.85. The number of rotatable bonds is 5. The summed E-state index contributed by atoms with van der Waals surface area (Å²) in [6, 6.07) is 4.28. The lowest BCUT2D eigenvalue weighted by atomic mass is 10.1. The van der Waals surface area contributed by atoms with Gasteiger partial charge < -0.3 is 4.90 Å². The Bertz CT molecular complexity index is 1240. The number of likely N-dealkylation sites (tertiary alicyclic amines) is 1. The average Bonchev–Trinajstić information content (AvgIpc) is 3.43. The number of aromatic nitrogens is 7. The van der Waals surface area contributed by atoms with Crippen LogP contribution in [0, 0.1) is 0 Å². The van der Waals surface area contributed by atoms with Crippen molar-refractivity contribution in [1.29, 1.82) is 0 Å². The number of hydrogen-bond donors (Lipinski definition) is 0. The molecule has 0 radical (unpaired) electrons. The standard InChI is InChI=1S/C22H24N8O/c1-28-5-3-19(4-6-28)30-13-17(11-25-30)22(31)9-18-8-15-7-16(10-24-20(15)12-23-18)21-14-29(2)27-26-21/h7-8,10-14,19H,3-6,9H2,1-2H3. The molecule has 1 aliphatic rings. The molecule has 0 atom stereocenters. The second-order valence-corrected chi connectivity index (χ2v) is 8.21. The van der Waals surface area contributed by atoms with Crippen molar-refractivity contribution in [3.8, 4) is 11.3 Å². The van der Waals surface area contributed by atoms with E-state index in [-0.39, 0.29) is 12.2 Å². The van der Waals surface area contributed by atoms with E-state index >= 15 is 0 Å². The van der Waals surface area contributed by atoms with Gasteiger partial charge in [0, 0.05) is 36.1 Å². The zero-order valence-electron chi connectivity index (χ0n) is 17.6. The number of ketones is 1. The van der Waals surface area contributed by atoms with E-state index in [0.29, 0.717) is 17.3 Å². The van der Waals surface area contributed by atoms with E-state index in [2.05, 4.69) is 37.3 Å². The summed E-state index contributed by atoms with van der Waals surface area (Å²) in [5, 5.41) is 13.5. The van der Waals surface area contributed by atoms with Gasteiger partial charge in [-0.25, -0.2) is 0 Å². The number of aryl methyl sites for hydroxylation is 1. The Morgan fingerprint density at radius 3 is 2.68 bits per heavy atom. The fourth-order valence-corrected chi connectivity index (χ4v) is 4.00. The van der Waals surface area contributed by atoms with Crippen molar-refractivity contribution in [2.24, 2.45) is 7.05 Å². The summed E-state index contributed by atoms with van der Waals surface area (Å²) in [4.78, 5) is 24.1. The van der Waals surface area contributed by atoms with Crippen molar-refractivity contribution in [2.45, 2.75) is 25.3 Å². The van der Waals surface area contributed by atoms with E-state index in [4.69, 9.17) is 0 Å². The Kier molecular flexibility index (Phi) is 5.03. The second-order valence-electron chi connectivity index (χ2n) is 8.21. The Hall–Kier alpha value is -3.46. The van der Waals surface area contributed by atoms with Gasteiger partial charge in [0.2, 0.25) is 0 Å². The van der Waals surface area contributed by atoms with Crippen LogP contribution in [-0.4, -0.2) is 65.6 Å². The maximum absolute atomic E-state index is 12.9. The third-order valence-electron chi connectivity index (χ3n) is 5.85. The molecule has 5 rings (SSSR count). The van der Waals surface area contributed by atoms with E-state index in [0.717, 1.165) is 48.1 Å². The van der Waals surface area contributed by atoms with Gasteiger partial charge in [-0.1, -0.05) is 5.21 Å². The lowest BCUT2D eigenvalue weighted by Crippen LogP contribution is -2.31. The molecule has 31 heavy (non-hydrogen) atoms. The molecule has 0 saturated carbocycles. The van der Waals surface area contributed by atoms with E-state index in [1.165, 1.54) is 0 Å². The number of Topliss-reactive ketones (excluding diaryl/α,β-unsaturated/α-hetero) is 1. The summed E-state index contributed by atoms with van der Waals surface area (Å²) in [7, 11) is 3.96. The van der Waals surface area contributed by atoms with Crippen LogP contribution >= 0.6 is 0 Å². The molecule has 9 nitrogen and oxygen atoms in total. The molecule has 158 valence electrons. The Morgan fingerprint density at radius 1 is 1.06 bits per heavy atom. The van der Waals surface area contributed by atoms with E-state index < -0.39 is 0 Å². The first-order valence-electron chi connectivity index (χ1n) is 10.4. The molecule has 9 heteroatoms. The van der Waals surface area contributed by atoms with Crippen molar-refractivity contribution in [3.63, 3.8) is 0 Å². The molecule has 0 aromatic carbocycles. The third kappa shape index (κ3) is 4.09. The Balaban J connectivity index is 1.33. The van der Waals surface area contributed by atoms with Gasteiger partial charge in [0.1, 0.15) is 5.69 Å². The first-order chi connectivity index (χ1) is 15.0. The van der Waals surface area contributed by atoms with Gasteiger partial charge in [-0.2, -0.15) is 5.10 Å². The minimum Gasteiger partial charge on any atom is -0.306 e. The number of pyridine rings is 2. The highest BCUT2D eigenvalue weighted by molar-refractivity contribution is 5.97. The normalized spacial score (nSPS) is 15.5. The van der Waals surface area contributed by atoms with Crippen molar-refractivity contribution in [3.05, 3.63) is 54.4 Å². The van der Waals surface area contributed by atoms with Crippen molar-refractivity contribution >= 4 is 16.7 Å². The maximum atomic E-state index is 12.9. The number of fused-ring (bicyclic) bond motifs is 1. The summed E-state index contributed by atoms with van der Waals surface area (Å²) in [6.45, 7) is 2.11. The summed E-state index contributed by atoms with van der Waals surface area (Å²) < 4.78 is 3.60. The molecular formula is C22H24N8O. The smallest absolute Gasteiger partial charge is 0.171 e. The van der Waals surface area contributed by atoms with Crippen LogP contribution < -0.4 is 0 Å². The van der Waals surface area contributed by atoms with Gasteiger partial charge >= 0.3 is 0 Å². The van der Waals surface area contributed by atoms with Crippen LogP contribution in [0.5, 0.6) is 0 Å². The summed E-state index contributed by atoms with van der Waals surface area (Å²) in [5.41, 5.74) is 3.75. The van der Waals surface area contributed by atoms with E-state index in [1.54, 1.807) is 23.3 Å². The second kappa shape index (κ2) is 7.99. The first kappa shape index (κ1) is 19.5. The van der Waals surface area contributed by atoms with Gasteiger partial charge in [0.25, 0.3) is 0 Å². The molecule has 0 aliphatic carbocycles. The monoisotopic (exact) mass is 416 g/mol. The molecule has 0 spiro atoms. The predicted molar refractivity (Wildman–Crippen MR) is 116 cm³/mol. The molecule has 0 N–H and O–H groups in total. The number of carbonyl (C=O) groups excluding carboxylic acids is 1. The summed E-state index contributed by atoms with van der Waals surface area (Å²) in [5.74, 6) is 0.0177. The van der Waals surface area contributed by atoms with Crippen LogP contribution in [0.3, 0.4) is 0 Å². The maximum Gasteiger partial charge on any atom is 0.171 e. The van der Waals surface area contributed by atoms with Crippen LogP contribution in [0.4, 0.5) is 0 Å². The molecule has 5 heterocycles. The molecule has 0 unspecified atom stereocenters. The number of piperidine rings is 1. The highest BCUT2D eigenvalue weighted by atomic mass is 16.1. The van der Waals surface area contributed by atoms with Crippen molar-refractivity contribution in [2.75, 3.05) is 20.1 Å². The van der Waals surface area contributed by atoms with Gasteiger partial charge in [0.05, 0.1) is 42.1 Å². The zero-order valence-corrected chi connectivity index (χ0v) is 17.6. The minimum atomic E-state index is 0.0177. The quantitative estimate of drug-likeness (QED) is 0.461. The molecular weight excluding hydrogens is 392 g/mol. The average molecular weight is 416 g/mol. The minimum absolute atomic E-state index is 0.0177. The van der Waals surface area contributed by atoms with E-state index in [9.17, 15) is 4.79 Å². The summed E-state index contributed by atoms with van der Waals surface area (Å²) in [6.07, 6.45) is 11.2. The van der Waals surface area contributed by atoms with E-state index in [1.807, 2.05) is 36.3 Å². The van der Waals surface area contributed by atoms with Crippen molar-refractivity contribution in [1.82, 2.24) is 39.6 Å². The molecule has 1 aliphatic heterocycles. The van der Waals surface area contributed by atoms with Crippen LogP contribution in [0.25, 0.3) is 22.2 Å². The molecule has 1 saturated heterocycles. The molecule has 1 fully saturated rings. The first-order valence-corrected chi connectivity index (χ1v) is 10.4. The van der Waals surface area contributed by atoms with Gasteiger partial charge in [-0.3, -0.25) is 24.1 Å². The number of nitrogens with zero attached hydrogens (tertiary/aromatic N) is 8. The zero-order chi connectivity index (χ0) is 21.4. The fraction of sp³-hybridized carbons (Fsp3) is 0.364. The molecule has 4 aromatic rings. The van der Waals surface area contributed by atoms with Gasteiger partial charge in [-0.05, 0) is 45.1 Å². The van der Waals surface area contributed by atoms with Crippen LogP contribution in [0.15, 0.2) is 43.1 Å². The van der Waals surface area contributed by atoms with Crippen LogP contribution in [-0.2, 0) is 13.5 Å². The summed E-state index contributed by atoms with van der Waals surface area (Å²) >= 11 is 0. The predicted octanol–water partition coefficient (Wildman–Crippen LogP) is 2.31. The largest absolute Gasteiger partial charge is 0.306 e. The highest BCUT2D eigenvalue weighted by Crippen LogP contribution is 2.23. The molecule has 0 bridgehead atoms. The number of carbonyl (C=O) groups is 1. The van der Waals surface area contributed by atoms with Gasteiger partial charge in [-0.15, -0.1) is 5.10 Å². The Morgan fingerprint density at radius 2 is 1.90 bits per heavy atom. The Labute approximate surface area is 179 Å². The fourth-order valence-electron chi connectivity index (χ4n) is 4.00. The topological polar surface area (TPSA) is 94.6 Å². The lowest BCUT2D eigenvalue weighted by molar-refractivity contribution is 0.0991. The highest BCUT2D eigenvalue weighted by Gasteiger charge is 2.20. The molecule has 0 amide bonds. The van der Waals surface area contributed by atoms with Crippen molar-refractivity contribution < 1.29 is 4.79 Å².